The van der Waals surface area contributed by atoms with E-state index in [1.165, 1.54) is 11.1 Å². The lowest BCUT2D eigenvalue weighted by Gasteiger charge is -2.20. The maximum atomic E-state index is 13.1. The van der Waals surface area contributed by atoms with Crippen molar-refractivity contribution in [1.82, 2.24) is 15.5 Å². The number of H-pyrrole nitrogens is 1. The highest BCUT2D eigenvalue weighted by atomic mass is 16.2. The number of nitrogens with zero attached hydrogens (tertiary/aromatic N) is 2. The highest BCUT2D eigenvalue weighted by molar-refractivity contribution is 6.00. The fraction of sp³-hybridized carbons (Fsp3) is 0.222. The fourth-order valence-corrected chi connectivity index (χ4v) is 5.19. The van der Waals surface area contributed by atoms with E-state index in [0.29, 0.717) is 18.0 Å². The summed E-state index contributed by atoms with van der Waals surface area (Å²) in [5, 5.41) is 11.9. The Hall–Kier alpha value is -3.77. The van der Waals surface area contributed by atoms with Crippen LogP contribution in [-0.2, 0) is 17.6 Å². The Morgan fingerprint density at radius 3 is 2.24 bits per heavy atom. The number of anilines is 1. The normalized spacial score (nSPS) is 18.2. The second-order valence-corrected chi connectivity index (χ2v) is 8.87. The average Bonchev–Trinajstić information content (AvgIpc) is 3.43. The van der Waals surface area contributed by atoms with Gasteiger partial charge in [0.1, 0.15) is 0 Å². The van der Waals surface area contributed by atoms with Crippen molar-refractivity contribution in [2.75, 3.05) is 11.4 Å². The molecule has 0 spiro atoms. The summed E-state index contributed by atoms with van der Waals surface area (Å²) in [6, 6.07) is 24.0. The molecule has 2 N–H and O–H groups in total. The third-order valence-electron chi connectivity index (χ3n) is 6.84. The molecule has 1 atom stereocenters. The van der Waals surface area contributed by atoms with Crippen LogP contribution in [0.1, 0.15) is 17.5 Å². The molecule has 0 bridgehead atoms. The second kappa shape index (κ2) is 7.98. The Kier molecular flexibility index (Phi) is 4.80. The molecule has 4 aromatic rings. The molecule has 1 aliphatic carbocycles. The molecular formula is C27H24N4O2. The zero-order valence-electron chi connectivity index (χ0n) is 18.1. The van der Waals surface area contributed by atoms with Crippen LogP contribution in [0.5, 0.6) is 0 Å². The predicted molar refractivity (Wildman–Crippen MR) is 129 cm³/mol. The van der Waals surface area contributed by atoms with Crippen LogP contribution in [0.15, 0.2) is 77.6 Å². The van der Waals surface area contributed by atoms with Crippen LogP contribution in [0, 0.1) is 0 Å². The van der Waals surface area contributed by atoms with E-state index in [4.69, 9.17) is 0 Å². The van der Waals surface area contributed by atoms with E-state index in [1.54, 1.807) is 6.07 Å². The first-order valence-corrected chi connectivity index (χ1v) is 11.4. The van der Waals surface area contributed by atoms with Gasteiger partial charge < -0.3 is 10.2 Å². The summed E-state index contributed by atoms with van der Waals surface area (Å²) in [5.74, 6) is 0.131. The van der Waals surface area contributed by atoms with Crippen molar-refractivity contribution >= 4 is 22.4 Å². The van der Waals surface area contributed by atoms with Crippen molar-refractivity contribution in [1.29, 1.82) is 0 Å². The van der Waals surface area contributed by atoms with Crippen LogP contribution in [-0.4, -0.2) is 34.7 Å². The third-order valence-corrected chi connectivity index (χ3v) is 6.84. The number of aromatic amines is 1. The summed E-state index contributed by atoms with van der Waals surface area (Å²) in [6.45, 7) is 0.704. The van der Waals surface area contributed by atoms with E-state index >= 15 is 0 Å². The van der Waals surface area contributed by atoms with Crippen molar-refractivity contribution < 1.29 is 4.79 Å². The average molecular weight is 437 g/mol. The van der Waals surface area contributed by atoms with Crippen LogP contribution in [0.25, 0.3) is 22.0 Å². The first kappa shape index (κ1) is 19.9. The van der Waals surface area contributed by atoms with E-state index in [2.05, 4.69) is 39.8 Å². The van der Waals surface area contributed by atoms with Gasteiger partial charge in [-0.25, -0.2) is 5.10 Å². The van der Waals surface area contributed by atoms with Crippen LogP contribution in [0.3, 0.4) is 0 Å². The fourth-order valence-electron chi connectivity index (χ4n) is 5.19. The van der Waals surface area contributed by atoms with Gasteiger partial charge in [0, 0.05) is 29.2 Å². The summed E-state index contributed by atoms with van der Waals surface area (Å²) in [6.07, 6.45) is 2.77. The molecule has 1 unspecified atom stereocenters. The van der Waals surface area contributed by atoms with Gasteiger partial charge in [-0.15, -0.1) is 0 Å². The Bertz CT molecular complexity index is 1380. The molecule has 164 valence electrons. The standard InChI is InChI=1S/C27H24N4O2/c32-26-23-8-4-3-7-22(23)25(29-30-26)17-9-11-21(12-10-17)31-14-13-24(27(31)33)28-20-15-18-5-1-2-6-19(18)16-20/h1-12,20,24,28H,13-16H2,(H,30,32). The van der Waals surface area contributed by atoms with E-state index in [1.807, 2.05) is 47.4 Å². The molecule has 2 aliphatic rings. The lowest BCUT2D eigenvalue weighted by Crippen LogP contribution is -2.44. The van der Waals surface area contributed by atoms with E-state index < -0.39 is 0 Å². The van der Waals surface area contributed by atoms with E-state index in [0.717, 1.165) is 41.6 Å². The smallest absolute Gasteiger partial charge is 0.272 e. The lowest BCUT2D eigenvalue weighted by molar-refractivity contribution is -0.119. The van der Waals surface area contributed by atoms with Crippen molar-refractivity contribution in [2.24, 2.45) is 0 Å². The third kappa shape index (κ3) is 3.52. The number of hydrogen-bond donors (Lipinski definition) is 2. The number of aromatic nitrogens is 2. The largest absolute Gasteiger partial charge is 0.311 e. The quantitative estimate of drug-likeness (QED) is 0.514. The summed E-state index contributed by atoms with van der Waals surface area (Å²) >= 11 is 0. The molecule has 0 radical (unpaired) electrons. The number of hydrogen-bond acceptors (Lipinski definition) is 4. The molecule has 1 saturated heterocycles. The zero-order valence-corrected chi connectivity index (χ0v) is 18.1. The molecule has 1 amide bonds. The summed E-state index contributed by atoms with van der Waals surface area (Å²) in [7, 11) is 0. The number of benzene rings is 3. The molecule has 1 aliphatic heterocycles. The minimum absolute atomic E-state index is 0.131. The maximum Gasteiger partial charge on any atom is 0.272 e. The van der Waals surface area contributed by atoms with E-state index in [9.17, 15) is 9.59 Å². The van der Waals surface area contributed by atoms with Gasteiger partial charge in [-0.05, 0) is 48.6 Å². The van der Waals surface area contributed by atoms with Gasteiger partial charge in [-0.2, -0.15) is 5.10 Å². The molecule has 3 aromatic carbocycles. The topological polar surface area (TPSA) is 78.1 Å². The van der Waals surface area contributed by atoms with Gasteiger partial charge in [0.25, 0.3) is 5.56 Å². The lowest BCUT2D eigenvalue weighted by atomic mass is 10.0. The van der Waals surface area contributed by atoms with Crippen LogP contribution in [0.2, 0.25) is 0 Å². The van der Waals surface area contributed by atoms with Crippen molar-refractivity contribution in [2.45, 2.75) is 31.3 Å². The molecule has 6 rings (SSSR count). The van der Waals surface area contributed by atoms with Gasteiger partial charge in [0.05, 0.1) is 17.1 Å². The second-order valence-electron chi connectivity index (χ2n) is 8.87. The number of fused-ring (bicyclic) bond motifs is 2. The first-order chi connectivity index (χ1) is 16.2. The van der Waals surface area contributed by atoms with Gasteiger partial charge in [0.2, 0.25) is 5.91 Å². The number of carbonyl (C=O) groups excluding carboxylic acids is 1. The molecule has 6 nitrogen and oxygen atoms in total. The Morgan fingerprint density at radius 1 is 0.848 bits per heavy atom. The zero-order chi connectivity index (χ0) is 22.4. The maximum absolute atomic E-state index is 13.1. The van der Waals surface area contributed by atoms with Gasteiger partial charge in [-0.1, -0.05) is 54.6 Å². The van der Waals surface area contributed by atoms with Gasteiger partial charge >= 0.3 is 0 Å². The minimum atomic E-state index is -0.197. The summed E-state index contributed by atoms with van der Waals surface area (Å²) in [5.41, 5.74) is 5.09. The summed E-state index contributed by atoms with van der Waals surface area (Å²) in [4.78, 5) is 27.1. The minimum Gasteiger partial charge on any atom is -0.311 e. The van der Waals surface area contributed by atoms with Crippen LogP contribution < -0.4 is 15.8 Å². The SMILES string of the molecule is O=C1C(NC2Cc3ccccc3C2)CCN1c1ccc(-c2n[nH]c(=O)c3ccccc23)cc1. The van der Waals surface area contributed by atoms with Crippen molar-refractivity contribution in [3.63, 3.8) is 0 Å². The molecule has 6 heteroatoms. The Labute approximate surface area is 191 Å². The molecular weight excluding hydrogens is 412 g/mol. The predicted octanol–water partition coefficient (Wildman–Crippen LogP) is 3.45. The molecule has 2 heterocycles. The molecule has 33 heavy (non-hydrogen) atoms. The van der Waals surface area contributed by atoms with Crippen LogP contribution >= 0.6 is 0 Å². The van der Waals surface area contributed by atoms with Gasteiger partial charge in [0.15, 0.2) is 0 Å². The summed E-state index contributed by atoms with van der Waals surface area (Å²) < 4.78 is 0. The Balaban J connectivity index is 1.19. The highest BCUT2D eigenvalue weighted by Gasteiger charge is 2.35. The van der Waals surface area contributed by atoms with Crippen molar-refractivity contribution in [3.8, 4) is 11.3 Å². The van der Waals surface area contributed by atoms with E-state index in [-0.39, 0.29) is 17.5 Å². The van der Waals surface area contributed by atoms with Crippen molar-refractivity contribution in [3.05, 3.63) is 94.3 Å². The Morgan fingerprint density at radius 2 is 1.52 bits per heavy atom. The number of rotatable bonds is 4. The van der Waals surface area contributed by atoms with Gasteiger partial charge in [-0.3, -0.25) is 9.59 Å². The molecule has 1 aromatic heterocycles. The number of nitrogens with one attached hydrogen (secondary N) is 2. The number of carbonyl (C=O) groups is 1. The molecule has 0 saturated carbocycles. The van der Waals surface area contributed by atoms with Crippen LogP contribution in [0.4, 0.5) is 5.69 Å². The monoisotopic (exact) mass is 436 g/mol. The molecule has 1 fully saturated rings. The highest BCUT2D eigenvalue weighted by Crippen LogP contribution is 2.29. The first-order valence-electron chi connectivity index (χ1n) is 11.4. The number of amides is 1.